The Labute approximate surface area is 164 Å². The molecule has 136 valence electrons. The predicted octanol–water partition coefficient (Wildman–Crippen LogP) is 4.50. The highest BCUT2D eigenvalue weighted by Crippen LogP contribution is 2.28. The highest BCUT2D eigenvalue weighted by Gasteiger charge is 2.18. The van der Waals surface area contributed by atoms with Gasteiger partial charge in [-0.3, -0.25) is 0 Å². The summed E-state index contributed by atoms with van der Waals surface area (Å²) in [5, 5.41) is 13.1. The van der Waals surface area contributed by atoms with E-state index in [0.29, 0.717) is 27.4 Å². The lowest BCUT2D eigenvalue weighted by Gasteiger charge is -2.08. The average molecular weight is 399 g/mol. The van der Waals surface area contributed by atoms with E-state index in [1.54, 1.807) is 11.8 Å². The third kappa shape index (κ3) is 3.49. The molecular formula is C18H15ClN6OS. The molecule has 0 fully saturated rings. The minimum Gasteiger partial charge on any atom is -0.494 e. The molecule has 0 unspecified atom stereocenters. The molecule has 1 N–H and O–H groups in total. The molecule has 0 aliphatic heterocycles. The Bertz CT molecular complexity index is 1080. The maximum atomic E-state index is 5.91. The van der Waals surface area contributed by atoms with E-state index in [0.717, 1.165) is 17.1 Å². The molecule has 0 saturated heterocycles. The molecule has 0 spiro atoms. The normalized spacial score (nSPS) is 10.8. The summed E-state index contributed by atoms with van der Waals surface area (Å²) in [7, 11) is 1.63. The van der Waals surface area contributed by atoms with Gasteiger partial charge in [-0.2, -0.15) is 9.36 Å². The molecule has 2 heterocycles. The van der Waals surface area contributed by atoms with Gasteiger partial charge in [0.1, 0.15) is 11.4 Å². The Morgan fingerprint density at radius 1 is 1.11 bits per heavy atom. The van der Waals surface area contributed by atoms with Gasteiger partial charge >= 0.3 is 0 Å². The zero-order chi connectivity index (χ0) is 18.8. The molecule has 4 aromatic rings. The summed E-state index contributed by atoms with van der Waals surface area (Å²) in [5.74, 6) is 1.24. The molecule has 0 bridgehead atoms. The van der Waals surface area contributed by atoms with E-state index in [-0.39, 0.29) is 0 Å². The fourth-order valence-electron chi connectivity index (χ4n) is 2.60. The van der Waals surface area contributed by atoms with Crippen LogP contribution in [0.15, 0.2) is 48.5 Å². The van der Waals surface area contributed by atoms with Crippen molar-refractivity contribution in [3.05, 3.63) is 59.2 Å². The number of nitrogens with one attached hydrogen (secondary N) is 1. The number of hydrogen-bond donors (Lipinski definition) is 1. The standard InChI is InChI=1S/C18H15ClN6OS/c1-11-16(22-24-25(11)14-5-3-4-6-15(14)26-2)17-21-18(27-23-17)20-13-9-7-12(19)8-10-13/h3-10H,1-2H3,(H,20,21,23). The van der Waals surface area contributed by atoms with E-state index >= 15 is 0 Å². The molecule has 2 aromatic carbocycles. The van der Waals surface area contributed by atoms with E-state index in [9.17, 15) is 0 Å². The van der Waals surface area contributed by atoms with Gasteiger partial charge in [-0.15, -0.1) is 5.10 Å². The fourth-order valence-corrected chi connectivity index (χ4v) is 3.31. The summed E-state index contributed by atoms with van der Waals surface area (Å²) < 4.78 is 11.5. The second kappa shape index (κ2) is 7.34. The number of para-hydroxylation sites is 2. The van der Waals surface area contributed by atoms with Crippen LogP contribution in [0.3, 0.4) is 0 Å². The van der Waals surface area contributed by atoms with Crippen LogP contribution in [0.2, 0.25) is 5.02 Å². The number of ether oxygens (including phenoxy) is 1. The van der Waals surface area contributed by atoms with Crippen LogP contribution in [0.4, 0.5) is 10.8 Å². The van der Waals surface area contributed by atoms with Crippen LogP contribution in [-0.2, 0) is 0 Å². The van der Waals surface area contributed by atoms with Crippen molar-refractivity contribution in [2.24, 2.45) is 0 Å². The number of anilines is 2. The number of rotatable bonds is 5. The molecule has 0 atom stereocenters. The maximum absolute atomic E-state index is 5.91. The van der Waals surface area contributed by atoms with Gasteiger partial charge in [-0.1, -0.05) is 28.9 Å². The third-order valence-electron chi connectivity index (χ3n) is 3.94. The van der Waals surface area contributed by atoms with E-state index in [4.69, 9.17) is 16.3 Å². The fraction of sp³-hybridized carbons (Fsp3) is 0.111. The predicted molar refractivity (Wildman–Crippen MR) is 106 cm³/mol. The number of benzene rings is 2. The van der Waals surface area contributed by atoms with Gasteiger partial charge in [0.2, 0.25) is 5.13 Å². The summed E-state index contributed by atoms with van der Waals surface area (Å²) >= 11 is 7.17. The molecule has 4 rings (SSSR count). The van der Waals surface area contributed by atoms with Crippen molar-refractivity contribution < 1.29 is 4.74 Å². The lowest BCUT2D eigenvalue weighted by Crippen LogP contribution is -2.01. The molecule has 0 radical (unpaired) electrons. The van der Waals surface area contributed by atoms with Crippen molar-refractivity contribution in [3.8, 4) is 23.0 Å². The second-order valence-corrected chi connectivity index (χ2v) is 6.85. The Morgan fingerprint density at radius 3 is 2.67 bits per heavy atom. The topological polar surface area (TPSA) is 77.8 Å². The van der Waals surface area contributed by atoms with E-state index in [2.05, 4.69) is 25.0 Å². The highest BCUT2D eigenvalue weighted by atomic mass is 35.5. The smallest absolute Gasteiger partial charge is 0.207 e. The lowest BCUT2D eigenvalue weighted by molar-refractivity contribution is 0.411. The van der Waals surface area contributed by atoms with Crippen LogP contribution in [0.25, 0.3) is 17.2 Å². The number of hydrogen-bond acceptors (Lipinski definition) is 7. The van der Waals surface area contributed by atoms with E-state index in [1.807, 2.05) is 55.5 Å². The summed E-state index contributed by atoms with van der Waals surface area (Å²) in [4.78, 5) is 4.52. The first-order valence-corrected chi connectivity index (χ1v) is 9.23. The van der Waals surface area contributed by atoms with Gasteiger partial charge in [0.25, 0.3) is 0 Å². The van der Waals surface area contributed by atoms with Gasteiger partial charge in [-0.25, -0.2) is 4.68 Å². The quantitative estimate of drug-likeness (QED) is 0.533. The summed E-state index contributed by atoms with van der Waals surface area (Å²) in [5.41, 5.74) is 3.15. The van der Waals surface area contributed by atoms with Gasteiger partial charge in [0.15, 0.2) is 11.5 Å². The van der Waals surface area contributed by atoms with Crippen molar-refractivity contribution in [2.45, 2.75) is 6.92 Å². The highest BCUT2D eigenvalue weighted by molar-refractivity contribution is 7.09. The average Bonchev–Trinajstić information content (AvgIpc) is 3.30. The van der Waals surface area contributed by atoms with Crippen molar-refractivity contribution >= 4 is 34.0 Å². The van der Waals surface area contributed by atoms with Crippen LogP contribution in [-0.4, -0.2) is 31.5 Å². The maximum Gasteiger partial charge on any atom is 0.207 e. The van der Waals surface area contributed by atoms with Crippen LogP contribution >= 0.6 is 23.1 Å². The van der Waals surface area contributed by atoms with Crippen molar-refractivity contribution in [1.82, 2.24) is 24.4 Å². The summed E-state index contributed by atoms with van der Waals surface area (Å²) in [6.07, 6.45) is 0. The van der Waals surface area contributed by atoms with Gasteiger partial charge in [0, 0.05) is 22.2 Å². The largest absolute Gasteiger partial charge is 0.494 e. The van der Waals surface area contributed by atoms with Gasteiger partial charge < -0.3 is 10.1 Å². The van der Waals surface area contributed by atoms with Crippen molar-refractivity contribution in [1.29, 1.82) is 0 Å². The second-order valence-electron chi connectivity index (χ2n) is 5.66. The minimum atomic E-state index is 0.523. The molecular weight excluding hydrogens is 384 g/mol. The Morgan fingerprint density at radius 2 is 1.89 bits per heavy atom. The van der Waals surface area contributed by atoms with Gasteiger partial charge in [0.05, 0.1) is 12.8 Å². The number of aromatic nitrogens is 5. The monoisotopic (exact) mass is 398 g/mol. The first-order valence-electron chi connectivity index (χ1n) is 8.08. The molecule has 27 heavy (non-hydrogen) atoms. The Balaban J connectivity index is 1.62. The number of methoxy groups -OCH3 is 1. The lowest BCUT2D eigenvalue weighted by atomic mass is 10.2. The number of halogens is 1. The Hall–Kier alpha value is -2.97. The molecule has 0 amide bonds. The first-order chi connectivity index (χ1) is 13.2. The van der Waals surface area contributed by atoms with Crippen molar-refractivity contribution in [2.75, 3.05) is 12.4 Å². The van der Waals surface area contributed by atoms with E-state index < -0.39 is 0 Å². The van der Waals surface area contributed by atoms with Crippen LogP contribution in [0.5, 0.6) is 5.75 Å². The molecule has 0 aliphatic carbocycles. The summed E-state index contributed by atoms with van der Waals surface area (Å²) in [6, 6.07) is 15.0. The SMILES string of the molecule is COc1ccccc1-n1nnc(-c2nsc(Nc3ccc(Cl)cc3)n2)c1C. The Kier molecular flexibility index (Phi) is 4.74. The molecule has 0 saturated carbocycles. The number of nitrogens with zero attached hydrogens (tertiary/aromatic N) is 5. The molecule has 9 heteroatoms. The molecule has 0 aliphatic rings. The third-order valence-corrected chi connectivity index (χ3v) is 4.82. The zero-order valence-corrected chi connectivity index (χ0v) is 16.1. The van der Waals surface area contributed by atoms with Crippen LogP contribution in [0, 0.1) is 6.92 Å². The van der Waals surface area contributed by atoms with Crippen LogP contribution in [0.1, 0.15) is 5.69 Å². The minimum absolute atomic E-state index is 0.523. The molecule has 7 nitrogen and oxygen atoms in total. The van der Waals surface area contributed by atoms with E-state index in [1.165, 1.54) is 11.5 Å². The zero-order valence-electron chi connectivity index (χ0n) is 14.5. The first kappa shape index (κ1) is 17.4. The molecule has 2 aromatic heterocycles. The van der Waals surface area contributed by atoms with Crippen LogP contribution < -0.4 is 10.1 Å². The van der Waals surface area contributed by atoms with Crippen molar-refractivity contribution in [3.63, 3.8) is 0 Å². The summed E-state index contributed by atoms with van der Waals surface area (Å²) in [6.45, 7) is 1.93. The van der Waals surface area contributed by atoms with Gasteiger partial charge in [-0.05, 0) is 43.3 Å².